The fourth-order valence-electron chi connectivity index (χ4n) is 3.40. The number of phenolic OH excluding ortho intramolecular Hbond substituents is 1. The highest BCUT2D eigenvalue weighted by Crippen LogP contribution is 2.47. The number of hydrogen-bond acceptors (Lipinski definition) is 5. The summed E-state index contributed by atoms with van der Waals surface area (Å²) in [5, 5.41) is 18.8. The number of aliphatic hydroxyl groups is 1. The van der Waals surface area contributed by atoms with Crippen LogP contribution in [0.2, 0.25) is 0 Å². The monoisotopic (exact) mass is 305 g/mol. The van der Waals surface area contributed by atoms with Crippen LogP contribution in [0.5, 0.6) is 5.75 Å². The molecule has 2 fully saturated rings. The second-order valence-electron chi connectivity index (χ2n) is 5.76. The highest BCUT2D eigenvalue weighted by molar-refractivity contribution is 6.03. The van der Waals surface area contributed by atoms with E-state index >= 15 is 0 Å². The number of rotatable bonds is 4. The van der Waals surface area contributed by atoms with Crippen molar-refractivity contribution in [3.63, 3.8) is 0 Å². The number of esters is 1. The minimum absolute atomic E-state index is 0.0590. The van der Waals surface area contributed by atoms with Gasteiger partial charge in [-0.3, -0.25) is 4.79 Å². The van der Waals surface area contributed by atoms with Crippen molar-refractivity contribution in [2.75, 3.05) is 13.2 Å². The Labute approximate surface area is 128 Å². The van der Waals surface area contributed by atoms with Gasteiger partial charge in [-0.1, -0.05) is 18.6 Å². The van der Waals surface area contributed by atoms with Crippen molar-refractivity contribution in [1.29, 1.82) is 0 Å². The molecule has 2 N–H and O–H groups in total. The molecule has 1 spiro atoms. The summed E-state index contributed by atoms with van der Waals surface area (Å²) in [6.45, 7) is 0.164. The number of ether oxygens (including phenoxy) is 1. The van der Waals surface area contributed by atoms with E-state index in [9.17, 15) is 14.7 Å². The van der Waals surface area contributed by atoms with Crippen LogP contribution in [0.25, 0.3) is 0 Å². The molecule has 118 valence electrons. The van der Waals surface area contributed by atoms with Gasteiger partial charge in [-0.15, -0.1) is 0 Å². The predicted octanol–water partition coefficient (Wildman–Crippen LogP) is 1.06. The summed E-state index contributed by atoms with van der Waals surface area (Å²) in [5.41, 5.74) is -0.661. The van der Waals surface area contributed by atoms with E-state index in [1.807, 2.05) is 0 Å². The Kier molecular flexibility index (Phi) is 3.78. The average Bonchev–Trinajstić information content (AvgIpc) is 3.06. The van der Waals surface area contributed by atoms with Gasteiger partial charge in [0.2, 0.25) is 0 Å². The first-order valence-electron chi connectivity index (χ1n) is 7.53. The molecule has 1 heterocycles. The number of aromatic hydroxyl groups is 1. The molecule has 1 aromatic rings. The van der Waals surface area contributed by atoms with Crippen LogP contribution in [0.15, 0.2) is 24.3 Å². The lowest BCUT2D eigenvalue weighted by atomic mass is 9.85. The zero-order valence-electron chi connectivity index (χ0n) is 12.2. The lowest BCUT2D eigenvalue weighted by Crippen LogP contribution is -2.41. The van der Waals surface area contributed by atoms with Crippen LogP contribution in [0, 0.1) is 0 Å². The second kappa shape index (κ2) is 5.61. The van der Waals surface area contributed by atoms with Gasteiger partial charge in [0.1, 0.15) is 17.4 Å². The number of amides is 1. The zero-order valence-corrected chi connectivity index (χ0v) is 12.2. The zero-order chi connectivity index (χ0) is 15.7. The van der Waals surface area contributed by atoms with Gasteiger partial charge in [0.25, 0.3) is 5.91 Å². The highest BCUT2D eigenvalue weighted by Gasteiger charge is 2.68. The van der Waals surface area contributed by atoms with E-state index in [0.29, 0.717) is 12.8 Å². The van der Waals surface area contributed by atoms with E-state index in [1.165, 1.54) is 12.1 Å². The van der Waals surface area contributed by atoms with Crippen molar-refractivity contribution in [2.45, 2.75) is 37.3 Å². The first kappa shape index (κ1) is 14.8. The lowest BCUT2D eigenvalue weighted by molar-refractivity contribution is -0.115. The van der Waals surface area contributed by atoms with Gasteiger partial charge in [-0.25, -0.2) is 4.79 Å². The molecular weight excluding hydrogens is 286 g/mol. The van der Waals surface area contributed by atoms with Gasteiger partial charge in [-0.2, -0.15) is 0 Å². The topological polar surface area (TPSA) is 86.8 Å². The van der Waals surface area contributed by atoms with E-state index in [4.69, 9.17) is 9.84 Å². The summed E-state index contributed by atoms with van der Waals surface area (Å²) in [6.07, 6.45) is 2.53. The van der Waals surface area contributed by atoms with Gasteiger partial charge >= 0.3 is 5.97 Å². The number of phenols is 1. The number of benzene rings is 1. The smallest absolute Gasteiger partial charge is 0.342 e. The van der Waals surface area contributed by atoms with Crippen molar-refractivity contribution < 1.29 is 24.5 Å². The molecule has 22 heavy (non-hydrogen) atoms. The summed E-state index contributed by atoms with van der Waals surface area (Å²) in [5.74, 6) is -0.809. The molecular formula is C16H19NO5. The van der Waals surface area contributed by atoms with Crippen molar-refractivity contribution in [1.82, 2.24) is 4.90 Å². The molecule has 2 unspecified atom stereocenters. The van der Waals surface area contributed by atoms with Crippen molar-refractivity contribution in [3.8, 4) is 5.75 Å². The molecule has 0 bridgehead atoms. The minimum Gasteiger partial charge on any atom is -0.507 e. The molecule has 1 amide bonds. The van der Waals surface area contributed by atoms with E-state index in [0.717, 1.165) is 12.8 Å². The van der Waals surface area contributed by atoms with Crippen molar-refractivity contribution in [3.05, 3.63) is 29.8 Å². The van der Waals surface area contributed by atoms with Gasteiger partial charge in [0.15, 0.2) is 5.54 Å². The molecule has 0 aromatic heterocycles. The van der Waals surface area contributed by atoms with Crippen LogP contribution in [0.3, 0.4) is 0 Å². The number of aliphatic hydroxyl groups excluding tert-OH is 1. The fraction of sp³-hybridized carbons (Fsp3) is 0.500. The Morgan fingerprint density at radius 3 is 2.86 bits per heavy atom. The maximum atomic E-state index is 12.3. The predicted molar refractivity (Wildman–Crippen MR) is 77.3 cm³/mol. The summed E-state index contributed by atoms with van der Waals surface area (Å²) in [7, 11) is 0. The first-order valence-corrected chi connectivity index (χ1v) is 7.53. The van der Waals surface area contributed by atoms with Crippen molar-refractivity contribution >= 4 is 11.9 Å². The van der Waals surface area contributed by atoms with E-state index in [1.54, 1.807) is 17.0 Å². The maximum absolute atomic E-state index is 12.3. The molecule has 6 nitrogen and oxygen atoms in total. The van der Waals surface area contributed by atoms with Crippen LogP contribution >= 0.6 is 0 Å². The average molecular weight is 305 g/mol. The van der Waals surface area contributed by atoms with Crippen LogP contribution < -0.4 is 0 Å². The second-order valence-corrected chi connectivity index (χ2v) is 5.76. The number of carbonyl (C=O) groups excluding carboxylic acids is 2. The molecule has 3 rings (SSSR count). The molecule has 2 atom stereocenters. The van der Waals surface area contributed by atoms with E-state index < -0.39 is 17.6 Å². The third kappa shape index (κ3) is 2.23. The van der Waals surface area contributed by atoms with E-state index in [2.05, 4.69) is 0 Å². The first-order chi connectivity index (χ1) is 10.6. The molecule has 6 heteroatoms. The largest absolute Gasteiger partial charge is 0.507 e. The molecule has 1 aliphatic carbocycles. The van der Waals surface area contributed by atoms with Gasteiger partial charge in [0, 0.05) is 6.54 Å². The van der Waals surface area contributed by atoms with Crippen molar-refractivity contribution in [2.24, 2.45) is 0 Å². The van der Waals surface area contributed by atoms with E-state index in [-0.39, 0.29) is 30.4 Å². The van der Waals surface area contributed by atoms with Gasteiger partial charge in [0.05, 0.1) is 6.61 Å². The van der Waals surface area contributed by atoms with Crippen LogP contribution in [0.1, 0.15) is 36.0 Å². The molecule has 1 saturated heterocycles. The summed E-state index contributed by atoms with van der Waals surface area (Å²) < 4.78 is 5.54. The van der Waals surface area contributed by atoms with Crippen LogP contribution in [-0.2, 0) is 9.53 Å². The molecule has 0 radical (unpaired) electrons. The number of carbonyl (C=O) groups is 2. The molecule has 1 aliphatic heterocycles. The Bertz CT molecular complexity index is 602. The molecule has 2 aliphatic rings. The number of hydrogen-bond donors (Lipinski definition) is 2. The number of para-hydroxylation sites is 1. The molecule has 1 saturated carbocycles. The van der Waals surface area contributed by atoms with Crippen LogP contribution in [-0.4, -0.2) is 51.8 Å². The number of β-amino-alcohol motifs (C(OH)–C–C–N with tert-alkyl or cyclic N) is 1. The summed E-state index contributed by atoms with van der Waals surface area (Å²) in [6, 6.07) is 6.19. The normalized spacial score (nSPS) is 27.0. The Balaban J connectivity index is 1.77. The minimum atomic E-state index is -0.763. The Hall–Kier alpha value is -2.08. The SMILES string of the molecule is O=C(OC1CCCCC12C(=O)N2CCO)c1ccccc1O. The lowest BCUT2D eigenvalue weighted by Gasteiger charge is -2.30. The summed E-state index contributed by atoms with van der Waals surface area (Å²) >= 11 is 0. The standard InChI is InChI=1S/C16H19NO5/c18-10-9-17-15(21)16(17)8-4-3-7-13(16)22-14(20)11-5-1-2-6-12(11)19/h1-2,5-6,13,18-19H,3-4,7-10H2. The third-order valence-corrected chi connectivity index (χ3v) is 4.55. The summed E-state index contributed by atoms with van der Waals surface area (Å²) in [4.78, 5) is 26.0. The van der Waals surface area contributed by atoms with Gasteiger partial charge < -0.3 is 19.8 Å². The number of nitrogens with zero attached hydrogens (tertiary/aromatic N) is 1. The maximum Gasteiger partial charge on any atom is 0.342 e. The Morgan fingerprint density at radius 1 is 1.36 bits per heavy atom. The Morgan fingerprint density at radius 2 is 2.14 bits per heavy atom. The van der Waals surface area contributed by atoms with Crippen LogP contribution in [0.4, 0.5) is 0 Å². The quantitative estimate of drug-likeness (QED) is 0.642. The van der Waals surface area contributed by atoms with Gasteiger partial charge in [-0.05, 0) is 31.4 Å². The fourth-order valence-corrected chi connectivity index (χ4v) is 3.40. The molecule has 1 aromatic carbocycles. The third-order valence-electron chi connectivity index (χ3n) is 4.55. The highest BCUT2D eigenvalue weighted by atomic mass is 16.5.